The first kappa shape index (κ1) is 73.1. The molecule has 0 radical (unpaired) electrons. The fourth-order valence-corrected chi connectivity index (χ4v) is 10.5. The average molecular weight is 1050 g/mol. The maximum Gasteiger partial charge on any atom is 0.220 e. The Morgan fingerprint density at radius 1 is 0.320 bits per heavy atom. The number of carbonyl (C=O) groups excluding carboxylic acids is 1. The Kier molecular flexibility index (Phi) is 64.7. The lowest BCUT2D eigenvalue weighted by molar-refractivity contribution is -0.123. The van der Waals surface area contributed by atoms with E-state index >= 15 is 0 Å². The van der Waals surface area contributed by atoms with Crippen molar-refractivity contribution in [3.05, 3.63) is 60.8 Å². The number of rotatable bonds is 63. The monoisotopic (exact) mass is 1050 g/mol. The van der Waals surface area contributed by atoms with E-state index in [0.717, 1.165) is 44.9 Å². The van der Waals surface area contributed by atoms with Gasteiger partial charge in [-0.2, -0.15) is 0 Å². The third-order valence-corrected chi connectivity index (χ3v) is 15.7. The summed E-state index contributed by atoms with van der Waals surface area (Å²) >= 11 is 0. The minimum absolute atomic E-state index is 0.0717. The van der Waals surface area contributed by atoms with Crippen LogP contribution in [0.1, 0.15) is 367 Å². The third-order valence-electron chi connectivity index (χ3n) is 15.7. The highest BCUT2D eigenvalue weighted by atomic mass is 16.3. The number of aliphatic hydroxyl groups excluding tert-OH is 2. The van der Waals surface area contributed by atoms with Crippen LogP contribution in [0, 0.1) is 0 Å². The van der Waals surface area contributed by atoms with Gasteiger partial charge in [0, 0.05) is 6.42 Å². The minimum atomic E-state index is -0.872. The molecular weight excluding hydrogens is 915 g/mol. The van der Waals surface area contributed by atoms with E-state index < -0.39 is 12.1 Å². The number of aliphatic hydroxyl groups is 2. The van der Waals surface area contributed by atoms with Gasteiger partial charge in [-0.3, -0.25) is 4.79 Å². The topological polar surface area (TPSA) is 69.6 Å². The Morgan fingerprint density at radius 2 is 0.560 bits per heavy atom. The van der Waals surface area contributed by atoms with E-state index in [9.17, 15) is 15.0 Å². The molecule has 2 unspecified atom stereocenters. The molecule has 0 aromatic carbocycles. The Balaban J connectivity index is 3.46. The molecule has 0 saturated heterocycles. The van der Waals surface area contributed by atoms with Gasteiger partial charge in [-0.25, -0.2) is 0 Å². The van der Waals surface area contributed by atoms with Crippen LogP contribution in [0.15, 0.2) is 60.8 Å². The van der Waals surface area contributed by atoms with Gasteiger partial charge >= 0.3 is 0 Å². The minimum Gasteiger partial charge on any atom is -0.394 e. The van der Waals surface area contributed by atoms with Gasteiger partial charge in [-0.05, 0) is 77.0 Å². The summed E-state index contributed by atoms with van der Waals surface area (Å²) in [6.07, 6.45) is 94.5. The number of hydrogen-bond donors (Lipinski definition) is 3. The van der Waals surface area contributed by atoms with Crippen LogP contribution in [-0.4, -0.2) is 34.9 Å². The standard InChI is InChI=1S/C71H133NO3/c1-3-5-7-9-11-13-15-17-19-21-23-25-27-29-31-32-33-34-35-36-37-38-39-40-41-43-45-47-49-51-53-55-57-59-61-63-65-67-71(75)72-69(68-73)70(74)66-64-62-60-58-56-54-52-50-48-46-44-42-30-28-26-24-22-20-18-16-14-12-10-8-6-4-2/h15,17,21,23,48,50,56,58,64,66,69-70,73-74H,3-14,16,18-20,22,24-47,49,51-55,57,59-63,65,67-68H2,1-2H3,(H,72,75)/b17-15-,23-21-,50-48+,58-56+,66-64+. The second kappa shape index (κ2) is 66.4. The number of carbonyl (C=O) groups is 1. The summed E-state index contributed by atoms with van der Waals surface area (Å²) in [5.41, 5.74) is 0. The van der Waals surface area contributed by atoms with Crippen molar-refractivity contribution in [2.45, 2.75) is 379 Å². The van der Waals surface area contributed by atoms with Crippen molar-refractivity contribution in [3.63, 3.8) is 0 Å². The fraction of sp³-hybridized carbons (Fsp3) is 0.845. The molecule has 0 bridgehead atoms. The Bertz CT molecular complexity index is 1230. The molecule has 75 heavy (non-hydrogen) atoms. The third kappa shape index (κ3) is 62.8. The molecule has 0 aromatic rings. The molecule has 1 amide bonds. The number of nitrogens with one attached hydrogen (secondary N) is 1. The van der Waals surface area contributed by atoms with Crippen molar-refractivity contribution < 1.29 is 15.0 Å². The number of allylic oxidation sites excluding steroid dienone is 9. The highest BCUT2D eigenvalue weighted by Gasteiger charge is 2.18. The van der Waals surface area contributed by atoms with Crippen molar-refractivity contribution in [2.75, 3.05) is 6.61 Å². The van der Waals surface area contributed by atoms with E-state index in [4.69, 9.17) is 0 Å². The van der Waals surface area contributed by atoms with Crippen LogP contribution in [0.4, 0.5) is 0 Å². The summed E-state index contributed by atoms with van der Waals surface area (Å²) in [6, 6.07) is -0.647. The highest BCUT2D eigenvalue weighted by molar-refractivity contribution is 5.76. The van der Waals surface area contributed by atoms with Crippen LogP contribution in [0.5, 0.6) is 0 Å². The normalized spacial score (nSPS) is 13.1. The molecule has 0 aliphatic carbocycles. The smallest absolute Gasteiger partial charge is 0.220 e. The second-order valence-electron chi connectivity index (χ2n) is 23.2. The summed E-state index contributed by atoms with van der Waals surface area (Å²) in [5.74, 6) is -0.0717. The van der Waals surface area contributed by atoms with Crippen LogP contribution in [0.2, 0.25) is 0 Å². The molecule has 0 rings (SSSR count). The van der Waals surface area contributed by atoms with Crippen molar-refractivity contribution >= 4 is 5.91 Å². The molecule has 0 heterocycles. The largest absolute Gasteiger partial charge is 0.394 e. The zero-order chi connectivity index (χ0) is 54.1. The lowest BCUT2D eigenvalue weighted by Crippen LogP contribution is -2.45. The number of amides is 1. The molecule has 4 heteroatoms. The molecule has 3 N–H and O–H groups in total. The molecule has 2 atom stereocenters. The quantitative estimate of drug-likeness (QED) is 0.0420. The molecule has 440 valence electrons. The van der Waals surface area contributed by atoms with E-state index in [2.05, 4.69) is 67.8 Å². The summed E-state index contributed by atoms with van der Waals surface area (Å²) in [5, 5.41) is 23.2. The van der Waals surface area contributed by atoms with E-state index in [0.29, 0.717) is 6.42 Å². The van der Waals surface area contributed by atoms with Crippen molar-refractivity contribution in [1.29, 1.82) is 0 Å². The van der Waals surface area contributed by atoms with Gasteiger partial charge in [-0.15, -0.1) is 0 Å². The van der Waals surface area contributed by atoms with E-state index in [1.165, 1.54) is 302 Å². The zero-order valence-electron chi connectivity index (χ0n) is 50.8. The first-order valence-electron chi connectivity index (χ1n) is 34.0. The van der Waals surface area contributed by atoms with Gasteiger partial charge in [0.1, 0.15) is 0 Å². The van der Waals surface area contributed by atoms with Gasteiger partial charge in [0.25, 0.3) is 0 Å². The molecule has 0 spiro atoms. The maximum atomic E-state index is 12.5. The van der Waals surface area contributed by atoms with Gasteiger partial charge in [-0.1, -0.05) is 344 Å². The molecule has 0 aromatic heterocycles. The van der Waals surface area contributed by atoms with Crippen LogP contribution < -0.4 is 5.32 Å². The first-order chi connectivity index (χ1) is 37.2. The fourth-order valence-electron chi connectivity index (χ4n) is 10.5. The zero-order valence-corrected chi connectivity index (χ0v) is 50.8. The summed E-state index contributed by atoms with van der Waals surface area (Å²) < 4.78 is 0. The number of hydrogen-bond acceptors (Lipinski definition) is 3. The molecule has 0 saturated carbocycles. The van der Waals surface area contributed by atoms with Gasteiger partial charge < -0.3 is 15.5 Å². The molecule has 0 aliphatic heterocycles. The van der Waals surface area contributed by atoms with Crippen molar-refractivity contribution in [3.8, 4) is 0 Å². The Morgan fingerprint density at radius 3 is 0.853 bits per heavy atom. The van der Waals surface area contributed by atoms with E-state index in [-0.39, 0.29) is 12.5 Å². The van der Waals surface area contributed by atoms with Crippen LogP contribution in [-0.2, 0) is 4.79 Å². The second-order valence-corrected chi connectivity index (χ2v) is 23.2. The average Bonchev–Trinajstić information content (AvgIpc) is 3.41. The summed E-state index contributed by atoms with van der Waals surface area (Å²) in [4.78, 5) is 12.5. The predicted molar refractivity (Wildman–Crippen MR) is 336 cm³/mol. The lowest BCUT2D eigenvalue weighted by atomic mass is 10.0. The maximum absolute atomic E-state index is 12.5. The number of unbranched alkanes of at least 4 members (excludes halogenated alkanes) is 48. The SMILES string of the molecule is CCCCCCC/C=C\C/C=C\CCCCCCCCCCCCCCCCCCCCCCCCCCCC(=O)NC(CO)C(O)/C=C/CC/C=C/CC/C=C/CCCCCCCCCCCCCCCCCC. The van der Waals surface area contributed by atoms with Crippen molar-refractivity contribution in [1.82, 2.24) is 5.32 Å². The molecule has 0 aliphatic rings. The molecular formula is C71H133NO3. The molecule has 4 nitrogen and oxygen atoms in total. The lowest BCUT2D eigenvalue weighted by Gasteiger charge is -2.19. The Hall–Kier alpha value is -1.91. The van der Waals surface area contributed by atoms with E-state index in [1.807, 2.05) is 6.08 Å². The predicted octanol–water partition coefficient (Wildman–Crippen LogP) is 23.1. The van der Waals surface area contributed by atoms with Crippen LogP contribution in [0.3, 0.4) is 0 Å². The van der Waals surface area contributed by atoms with Gasteiger partial charge in [0.05, 0.1) is 18.8 Å². The summed E-state index contributed by atoms with van der Waals surface area (Å²) in [7, 11) is 0. The van der Waals surface area contributed by atoms with Gasteiger partial charge in [0.2, 0.25) is 5.91 Å². The van der Waals surface area contributed by atoms with Crippen LogP contribution in [0.25, 0.3) is 0 Å². The van der Waals surface area contributed by atoms with Crippen LogP contribution >= 0.6 is 0 Å². The summed E-state index contributed by atoms with van der Waals surface area (Å²) in [6.45, 7) is 4.32. The van der Waals surface area contributed by atoms with Crippen molar-refractivity contribution in [2.24, 2.45) is 0 Å². The Labute approximate surface area is 470 Å². The highest BCUT2D eigenvalue weighted by Crippen LogP contribution is 2.18. The van der Waals surface area contributed by atoms with E-state index in [1.54, 1.807) is 6.08 Å². The van der Waals surface area contributed by atoms with Gasteiger partial charge in [0.15, 0.2) is 0 Å². The molecule has 0 fully saturated rings. The first-order valence-corrected chi connectivity index (χ1v) is 34.0.